The minimum absolute atomic E-state index is 0.138. The molecule has 7 heteroatoms. The summed E-state index contributed by atoms with van der Waals surface area (Å²) in [6.07, 6.45) is 4.53. The highest BCUT2D eigenvalue weighted by Gasteiger charge is 2.32. The lowest BCUT2D eigenvalue weighted by Crippen LogP contribution is -2.53. The number of benzene rings is 4. The van der Waals surface area contributed by atoms with Crippen LogP contribution < -0.4 is 10.1 Å². The lowest BCUT2D eigenvalue weighted by molar-refractivity contribution is -0.143. The Morgan fingerprint density at radius 2 is 1.65 bits per heavy atom. The van der Waals surface area contributed by atoms with Gasteiger partial charge in [0.2, 0.25) is 5.91 Å². The van der Waals surface area contributed by atoms with Gasteiger partial charge in [0.15, 0.2) is 6.61 Å². The third-order valence-corrected chi connectivity index (χ3v) is 8.45. The number of fused-ring (bicyclic) bond motifs is 1. The second-order valence-electron chi connectivity index (χ2n) is 10.2. The molecule has 206 valence electrons. The number of carbonyl (C=O) groups excluding carboxylic acids is 2. The molecule has 4 aromatic rings. The Bertz CT molecular complexity index is 1470. The first-order chi connectivity index (χ1) is 19.5. The summed E-state index contributed by atoms with van der Waals surface area (Å²) in [5, 5.41) is 5.88. The molecule has 0 saturated heterocycles. The van der Waals surface area contributed by atoms with Crippen molar-refractivity contribution in [2.24, 2.45) is 0 Å². The molecule has 1 aliphatic rings. The quantitative estimate of drug-likeness (QED) is 0.202. The molecule has 1 aliphatic carbocycles. The molecule has 0 spiro atoms. The van der Waals surface area contributed by atoms with Crippen molar-refractivity contribution < 1.29 is 14.3 Å². The van der Waals surface area contributed by atoms with Crippen molar-refractivity contribution in [2.75, 3.05) is 6.61 Å². The summed E-state index contributed by atoms with van der Waals surface area (Å²) in [5.74, 6) is 0.158. The molecule has 0 aliphatic heterocycles. The van der Waals surface area contributed by atoms with Gasteiger partial charge in [-0.05, 0) is 68.9 Å². The van der Waals surface area contributed by atoms with E-state index in [1.807, 2.05) is 84.9 Å². The van der Waals surface area contributed by atoms with E-state index in [1.54, 1.807) is 11.0 Å². The van der Waals surface area contributed by atoms with Crippen molar-refractivity contribution in [1.29, 1.82) is 0 Å². The van der Waals surface area contributed by atoms with E-state index in [0.717, 1.165) is 52.1 Å². The zero-order valence-corrected chi connectivity index (χ0v) is 24.5. The molecule has 0 aromatic heterocycles. The Hall–Kier alpha value is -3.35. The number of carbonyl (C=O) groups is 2. The zero-order chi connectivity index (χ0) is 27.9. The lowest BCUT2D eigenvalue weighted by Gasteiger charge is -2.32. The first kappa shape index (κ1) is 28.2. The van der Waals surface area contributed by atoms with Crippen LogP contribution in [-0.4, -0.2) is 35.4 Å². The van der Waals surface area contributed by atoms with Gasteiger partial charge in [-0.1, -0.05) is 97.2 Å². The molecule has 1 fully saturated rings. The maximum atomic E-state index is 13.9. The number of hydrogen-bond acceptors (Lipinski definition) is 3. The molecule has 4 aromatic carbocycles. The van der Waals surface area contributed by atoms with Gasteiger partial charge in [0, 0.05) is 24.0 Å². The predicted octanol–water partition coefficient (Wildman–Crippen LogP) is 7.33. The second kappa shape index (κ2) is 13.3. The van der Waals surface area contributed by atoms with Gasteiger partial charge in [-0.2, -0.15) is 0 Å². The fourth-order valence-electron chi connectivity index (χ4n) is 5.30. The predicted molar refractivity (Wildman–Crippen MR) is 163 cm³/mol. The Kier molecular flexibility index (Phi) is 9.40. The molecule has 0 heterocycles. The summed E-state index contributed by atoms with van der Waals surface area (Å²) in [6, 6.07) is 28.4. The summed E-state index contributed by atoms with van der Waals surface area (Å²) < 4.78 is 6.86. The van der Waals surface area contributed by atoms with Crippen molar-refractivity contribution >= 4 is 50.1 Å². The van der Waals surface area contributed by atoms with E-state index in [4.69, 9.17) is 16.3 Å². The Morgan fingerprint density at radius 1 is 0.925 bits per heavy atom. The average molecular weight is 620 g/mol. The van der Waals surface area contributed by atoms with Gasteiger partial charge >= 0.3 is 0 Å². The van der Waals surface area contributed by atoms with Crippen LogP contribution in [0.15, 0.2) is 95.5 Å². The van der Waals surface area contributed by atoms with Crippen LogP contribution in [0.3, 0.4) is 0 Å². The van der Waals surface area contributed by atoms with Gasteiger partial charge in [-0.3, -0.25) is 9.59 Å². The standard InChI is InChI=1S/C33H32BrClN2O3/c34-32-28-16-7-4-12-25(28)17-18-30(32)40-22-31(38)37(21-24-11-8-13-26(35)19-24)29(20-23-9-2-1-3-10-23)33(39)36-27-14-5-6-15-27/h1-4,7-13,16-19,27,29H,5-6,14-15,20-22H2,(H,36,39). The number of nitrogens with zero attached hydrogens (tertiary/aromatic N) is 1. The van der Waals surface area contributed by atoms with E-state index in [0.29, 0.717) is 17.2 Å². The van der Waals surface area contributed by atoms with E-state index in [-0.39, 0.29) is 31.0 Å². The van der Waals surface area contributed by atoms with Crippen LogP contribution in [0, 0.1) is 0 Å². The molecule has 2 amide bonds. The van der Waals surface area contributed by atoms with Gasteiger partial charge in [-0.25, -0.2) is 0 Å². The fourth-order valence-corrected chi connectivity index (χ4v) is 6.12. The fraction of sp³-hybridized carbons (Fsp3) is 0.273. The van der Waals surface area contributed by atoms with Gasteiger partial charge in [-0.15, -0.1) is 0 Å². The van der Waals surface area contributed by atoms with Crippen molar-refractivity contribution in [1.82, 2.24) is 10.2 Å². The highest BCUT2D eigenvalue weighted by molar-refractivity contribution is 9.10. The van der Waals surface area contributed by atoms with Crippen molar-refractivity contribution in [3.63, 3.8) is 0 Å². The van der Waals surface area contributed by atoms with Crippen LogP contribution in [0.5, 0.6) is 5.75 Å². The van der Waals surface area contributed by atoms with Crippen LogP contribution >= 0.6 is 27.5 Å². The number of hydrogen-bond donors (Lipinski definition) is 1. The smallest absolute Gasteiger partial charge is 0.261 e. The van der Waals surface area contributed by atoms with E-state index < -0.39 is 6.04 Å². The molecule has 5 nitrogen and oxygen atoms in total. The number of rotatable bonds is 10. The third-order valence-electron chi connectivity index (χ3n) is 7.39. The maximum absolute atomic E-state index is 13.9. The zero-order valence-electron chi connectivity index (χ0n) is 22.2. The molecular formula is C33H32BrClN2O3. The molecule has 1 N–H and O–H groups in total. The molecule has 1 saturated carbocycles. The number of nitrogens with one attached hydrogen (secondary N) is 1. The minimum Gasteiger partial charge on any atom is -0.483 e. The highest BCUT2D eigenvalue weighted by atomic mass is 79.9. The third kappa shape index (κ3) is 7.04. The summed E-state index contributed by atoms with van der Waals surface area (Å²) >= 11 is 9.93. The van der Waals surface area contributed by atoms with Crippen molar-refractivity contribution in [3.05, 3.63) is 112 Å². The first-order valence-corrected chi connectivity index (χ1v) is 14.8. The lowest BCUT2D eigenvalue weighted by atomic mass is 10.0. The normalized spacial score (nSPS) is 14.2. The van der Waals surface area contributed by atoms with Crippen LogP contribution in [0.25, 0.3) is 10.8 Å². The molecule has 1 unspecified atom stereocenters. The molecule has 0 radical (unpaired) electrons. The van der Waals surface area contributed by atoms with Gasteiger partial charge in [0.25, 0.3) is 5.91 Å². The Balaban J connectivity index is 1.43. The molecule has 0 bridgehead atoms. The van der Waals surface area contributed by atoms with Crippen LogP contribution in [-0.2, 0) is 22.6 Å². The average Bonchev–Trinajstić information content (AvgIpc) is 3.48. The van der Waals surface area contributed by atoms with E-state index >= 15 is 0 Å². The van der Waals surface area contributed by atoms with Crippen LogP contribution in [0.4, 0.5) is 0 Å². The molecule has 1 atom stereocenters. The number of ether oxygens (including phenoxy) is 1. The topological polar surface area (TPSA) is 58.6 Å². The highest BCUT2D eigenvalue weighted by Crippen LogP contribution is 2.33. The molecular weight excluding hydrogens is 588 g/mol. The van der Waals surface area contributed by atoms with E-state index in [2.05, 4.69) is 21.2 Å². The SMILES string of the molecule is O=C(NC1CCCC1)C(Cc1ccccc1)N(Cc1cccc(Cl)c1)C(=O)COc1ccc2ccccc2c1Br. The van der Waals surface area contributed by atoms with E-state index in [9.17, 15) is 9.59 Å². The summed E-state index contributed by atoms with van der Waals surface area (Å²) in [4.78, 5) is 29.4. The van der Waals surface area contributed by atoms with Crippen molar-refractivity contribution in [2.45, 2.75) is 50.7 Å². The summed E-state index contributed by atoms with van der Waals surface area (Å²) in [5.41, 5.74) is 1.83. The van der Waals surface area contributed by atoms with Crippen LogP contribution in [0.2, 0.25) is 5.02 Å². The van der Waals surface area contributed by atoms with Gasteiger partial charge < -0.3 is 15.0 Å². The first-order valence-electron chi connectivity index (χ1n) is 13.7. The largest absolute Gasteiger partial charge is 0.483 e. The maximum Gasteiger partial charge on any atom is 0.261 e. The van der Waals surface area contributed by atoms with E-state index in [1.165, 1.54) is 0 Å². The van der Waals surface area contributed by atoms with Crippen LogP contribution in [0.1, 0.15) is 36.8 Å². The summed E-state index contributed by atoms with van der Waals surface area (Å²) in [7, 11) is 0. The molecule has 5 rings (SSSR count). The molecule has 40 heavy (non-hydrogen) atoms. The summed E-state index contributed by atoms with van der Waals surface area (Å²) in [6.45, 7) is 0.0245. The number of amides is 2. The second-order valence-corrected chi connectivity index (χ2v) is 11.5. The van der Waals surface area contributed by atoms with Gasteiger partial charge in [0.1, 0.15) is 11.8 Å². The monoisotopic (exact) mass is 618 g/mol. The minimum atomic E-state index is -0.710. The van der Waals surface area contributed by atoms with Crippen molar-refractivity contribution in [3.8, 4) is 5.75 Å². The number of halogens is 2. The Labute approximate surface area is 248 Å². The van der Waals surface area contributed by atoms with Gasteiger partial charge in [0.05, 0.1) is 4.47 Å². The Morgan fingerprint density at radius 3 is 2.42 bits per heavy atom.